The van der Waals surface area contributed by atoms with E-state index in [1.54, 1.807) is 0 Å². The van der Waals surface area contributed by atoms with Crippen LogP contribution in [0.2, 0.25) is 0 Å². The van der Waals surface area contributed by atoms with Gasteiger partial charge in [-0.05, 0) is 32.3 Å². The van der Waals surface area contributed by atoms with E-state index in [1.807, 2.05) is 38.1 Å². The van der Waals surface area contributed by atoms with Crippen LogP contribution in [-0.2, 0) is 6.42 Å². The number of aryl methyl sites for hydroxylation is 2. The molecule has 4 nitrogen and oxygen atoms in total. The number of nitrogens with two attached hydrogens (primary N) is 1. The summed E-state index contributed by atoms with van der Waals surface area (Å²) in [4.78, 5) is 4.42. The van der Waals surface area contributed by atoms with Gasteiger partial charge in [0.2, 0.25) is 11.7 Å². The van der Waals surface area contributed by atoms with Crippen LogP contribution in [0.3, 0.4) is 0 Å². The molecule has 0 aliphatic heterocycles. The molecule has 2 rings (SSSR count). The normalized spacial score (nSPS) is 12.6. The van der Waals surface area contributed by atoms with Gasteiger partial charge in [0.1, 0.15) is 0 Å². The summed E-state index contributed by atoms with van der Waals surface area (Å²) in [5.74, 6) is 1.36. The molecule has 1 aromatic carbocycles. The van der Waals surface area contributed by atoms with Crippen LogP contribution >= 0.6 is 0 Å². The number of aromatic nitrogens is 2. The van der Waals surface area contributed by atoms with Gasteiger partial charge in [-0.2, -0.15) is 4.98 Å². The van der Waals surface area contributed by atoms with Crippen LogP contribution in [0.15, 0.2) is 28.8 Å². The van der Waals surface area contributed by atoms with E-state index in [1.165, 1.54) is 0 Å². The highest BCUT2D eigenvalue weighted by molar-refractivity contribution is 5.58. The van der Waals surface area contributed by atoms with Crippen molar-refractivity contribution < 1.29 is 4.52 Å². The molecule has 2 aromatic rings. The van der Waals surface area contributed by atoms with Gasteiger partial charge in [-0.25, -0.2) is 0 Å². The van der Waals surface area contributed by atoms with E-state index in [9.17, 15) is 0 Å². The summed E-state index contributed by atoms with van der Waals surface area (Å²) in [7, 11) is 0. The number of nitrogens with zero attached hydrogens (tertiary/aromatic N) is 2. The Hall–Kier alpha value is -1.68. The van der Waals surface area contributed by atoms with Gasteiger partial charge < -0.3 is 10.3 Å². The zero-order valence-electron chi connectivity index (χ0n) is 10.9. The fraction of sp³-hybridized carbons (Fsp3) is 0.429. The van der Waals surface area contributed by atoms with E-state index in [-0.39, 0.29) is 6.04 Å². The maximum absolute atomic E-state index is 5.71. The number of hydrogen-bond donors (Lipinski definition) is 1. The van der Waals surface area contributed by atoms with Crippen molar-refractivity contribution in [3.63, 3.8) is 0 Å². The topological polar surface area (TPSA) is 64.9 Å². The third-order valence-corrected chi connectivity index (χ3v) is 2.90. The minimum Gasteiger partial charge on any atom is -0.339 e. The second-order valence-electron chi connectivity index (χ2n) is 4.70. The van der Waals surface area contributed by atoms with Crippen LogP contribution in [-0.4, -0.2) is 16.2 Å². The molecule has 0 aliphatic rings. The van der Waals surface area contributed by atoms with E-state index in [2.05, 4.69) is 10.1 Å². The Labute approximate surface area is 107 Å². The zero-order valence-corrected chi connectivity index (χ0v) is 10.9. The van der Waals surface area contributed by atoms with E-state index in [4.69, 9.17) is 10.3 Å². The standard InChI is InChI=1S/C14H19N3O/c1-10-6-3-4-8-12(10)14-16-13(18-17-14)9-5-7-11(2)15/h3-4,6,8,11H,5,7,9,15H2,1-2H3. The van der Waals surface area contributed by atoms with Gasteiger partial charge in [0.15, 0.2) is 0 Å². The Morgan fingerprint density at radius 1 is 1.33 bits per heavy atom. The van der Waals surface area contributed by atoms with Crippen molar-refractivity contribution in [2.24, 2.45) is 5.73 Å². The predicted octanol–water partition coefficient (Wildman–Crippen LogP) is 2.71. The van der Waals surface area contributed by atoms with Gasteiger partial charge in [0.05, 0.1) is 0 Å². The van der Waals surface area contributed by atoms with Crippen LogP contribution in [0.1, 0.15) is 31.2 Å². The Kier molecular flexibility index (Phi) is 4.10. The molecule has 1 heterocycles. The van der Waals surface area contributed by atoms with E-state index in [0.29, 0.717) is 11.7 Å². The first-order valence-corrected chi connectivity index (χ1v) is 6.31. The zero-order chi connectivity index (χ0) is 13.0. The summed E-state index contributed by atoms with van der Waals surface area (Å²) in [5.41, 5.74) is 7.89. The highest BCUT2D eigenvalue weighted by Gasteiger charge is 2.10. The first-order valence-electron chi connectivity index (χ1n) is 6.31. The van der Waals surface area contributed by atoms with Crippen LogP contribution in [0.4, 0.5) is 0 Å². The quantitative estimate of drug-likeness (QED) is 0.879. The van der Waals surface area contributed by atoms with Gasteiger partial charge in [-0.3, -0.25) is 0 Å². The fourth-order valence-electron chi connectivity index (χ4n) is 1.86. The third kappa shape index (κ3) is 3.17. The van der Waals surface area contributed by atoms with Gasteiger partial charge >= 0.3 is 0 Å². The molecule has 4 heteroatoms. The lowest BCUT2D eigenvalue weighted by Crippen LogP contribution is -2.14. The molecule has 0 fully saturated rings. The summed E-state index contributed by atoms with van der Waals surface area (Å²) >= 11 is 0. The van der Waals surface area contributed by atoms with E-state index >= 15 is 0 Å². The molecule has 0 saturated heterocycles. The molecule has 0 saturated carbocycles. The first kappa shape index (κ1) is 12.8. The number of hydrogen-bond acceptors (Lipinski definition) is 4. The van der Waals surface area contributed by atoms with Crippen LogP contribution < -0.4 is 5.73 Å². The van der Waals surface area contributed by atoms with Crippen LogP contribution in [0.5, 0.6) is 0 Å². The van der Waals surface area contributed by atoms with Crippen molar-refractivity contribution in [1.82, 2.24) is 10.1 Å². The second-order valence-corrected chi connectivity index (χ2v) is 4.70. The molecular weight excluding hydrogens is 226 g/mol. The lowest BCUT2D eigenvalue weighted by atomic mass is 10.1. The molecule has 96 valence electrons. The Bertz CT molecular complexity index is 505. The van der Waals surface area contributed by atoms with Crippen molar-refractivity contribution in [2.45, 2.75) is 39.2 Å². The summed E-state index contributed by atoms with van der Waals surface area (Å²) in [6.45, 7) is 4.05. The Morgan fingerprint density at radius 2 is 2.11 bits per heavy atom. The molecule has 0 aliphatic carbocycles. The molecule has 1 unspecified atom stereocenters. The molecule has 1 atom stereocenters. The second kappa shape index (κ2) is 5.78. The van der Waals surface area contributed by atoms with Crippen molar-refractivity contribution in [3.8, 4) is 11.4 Å². The SMILES string of the molecule is Cc1ccccc1-c1noc(CCCC(C)N)n1. The molecule has 18 heavy (non-hydrogen) atoms. The minimum atomic E-state index is 0.226. The molecular formula is C14H19N3O. The highest BCUT2D eigenvalue weighted by Crippen LogP contribution is 2.20. The first-order chi connectivity index (χ1) is 8.66. The number of benzene rings is 1. The maximum Gasteiger partial charge on any atom is 0.226 e. The maximum atomic E-state index is 5.71. The lowest BCUT2D eigenvalue weighted by molar-refractivity contribution is 0.373. The predicted molar refractivity (Wildman–Crippen MR) is 71.1 cm³/mol. The minimum absolute atomic E-state index is 0.226. The van der Waals surface area contributed by atoms with Crippen LogP contribution in [0.25, 0.3) is 11.4 Å². The average molecular weight is 245 g/mol. The molecule has 0 radical (unpaired) electrons. The molecule has 0 amide bonds. The Balaban J connectivity index is 2.04. The van der Waals surface area contributed by atoms with Crippen LogP contribution in [0, 0.1) is 6.92 Å². The van der Waals surface area contributed by atoms with Gasteiger partial charge in [0, 0.05) is 18.0 Å². The molecule has 0 spiro atoms. The average Bonchev–Trinajstić information content (AvgIpc) is 2.78. The van der Waals surface area contributed by atoms with Crippen molar-refractivity contribution >= 4 is 0 Å². The Morgan fingerprint density at radius 3 is 2.83 bits per heavy atom. The summed E-state index contributed by atoms with van der Waals surface area (Å²) in [5, 5.41) is 4.03. The summed E-state index contributed by atoms with van der Waals surface area (Å²) in [6, 6.07) is 8.26. The lowest BCUT2D eigenvalue weighted by Gasteiger charge is -2.01. The number of rotatable bonds is 5. The highest BCUT2D eigenvalue weighted by atomic mass is 16.5. The third-order valence-electron chi connectivity index (χ3n) is 2.90. The van der Waals surface area contributed by atoms with Crippen molar-refractivity contribution in [3.05, 3.63) is 35.7 Å². The largest absolute Gasteiger partial charge is 0.339 e. The molecule has 2 N–H and O–H groups in total. The summed E-state index contributed by atoms with van der Waals surface area (Å²) in [6.07, 6.45) is 2.75. The monoisotopic (exact) mass is 245 g/mol. The smallest absolute Gasteiger partial charge is 0.226 e. The van der Waals surface area contributed by atoms with Gasteiger partial charge in [-0.1, -0.05) is 29.4 Å². The molecule has 0 bridgehead atoms. The molecule has 1 aromatic heterocycles. The van der Waals surface area contributed by atoms with E-state index < -0.39 is 0 Å². The van der Waals surface area contributed by atoms with Gasteiger partial charge in [0.25, 0.3) is 0 Å². The van der Waals surface area contributed by atoms with Crippen molar-refractivity contribution in [1.29, 1.82) is 0 Å². The summed E-state index contributed by atoms with van der Waals surface area (Å²) < 4.78 is 5.25. The fourth-order valence-corrected chi connectivity index (χ4v) is 1.86. The van der Waals surface area contributed by atoms with Crippen molar-refractivity contribution in [2.75, 3.05) is 0 Å². The van der Waals surface area contributed by atoms with Gasteiger partial charge in [-0.15, -0.1) is 0 Å². The van der Waals surface area contributed by atoms with E-state index in [0.717, 1.165) is 30.4 Å².